The number of hydrogen-bond donors (Lipinski definition) is 1. The van der Waals surface area contributed by atoms with Crippen LogP contribution >= 0.6 is 0 Å². The summed E-state index contributed by atoms with van der Waals surface area (Å²) in [6.07, 6.45) is 5.17. The van der Waals surface area contributed by atoms with Crippen LogP contribution in [0.3, 0.4) is 0 Å². The Balaban J connectivity index is 2.10. The number of aryl methyl sites for hydroxylation is 1. The molecule has 21 heavy (non-hydrogen) atoms. The molecule has 2 N–H and O–H groups in total. The van der Waals surface area contributed by atoms with Crippen molar-refractivity contribution in [3.05, 3.63) is 17.5 Å². The van der Waals surface area contributed by atoms with Crippen LogP contribution in [0.2, 0.25) is 0 Å². The highest BCUT2D eigenvalue weighted by atomic mass is 16.1. The van der Waals surface area contributed by atoms with Gasteiger partial charge in [-0.25, -0.2) is 9.67 Å². The van der Waals surface area contributed by atoms with Gasteiger partial charge in [0.15, 0.2) is 11.4 Å². The molecule has 2 aromatic rings. The molecule has 2 heterocycles. The fourth-order valence-electron chi connectivity index (χ4n) is 3.08. The normalized spacial score (nSPS) is 21.2. The molecule has 5 heteroatoms. The standard InChI is InChI=1S/C16H22N4O/c1-4-5-6-7-20-16-11(8-18-20)13(17)12-14(19-16)9(2)10(3)15(12)21/h8-10H,4-7H2,1-3H3,(H2,17,19). The molecule has 0 spiro atoms. The summed E-state index contributed by atoms with van der Waals surface area (Å²) >= 11 is 0. The van der Waals surface area contributed by atoms with E-state index < -0.39 is 0 Å². The molecule has 0 bridgehead atoms. The first-order chi connectivity index (χ1) is 10.1. The van der Waals surface area contributed by atoms with Crippen molar-refractivity contribution in [1.29, 1.82) is 0 Å². The zero-order valence-electron chi connectivity index (χ0n) is 12.9. The first kappa shape index (κ1) is 14.0. The van der Waals surface area contributed by atoms with Crippen LogP contribution in [0.4, 0.5) is 5.69 Å². The number of pyridine rings is 1. The van der Waals surface area contributed by atoms with Gasteiger partial charge >= 0.3 is 0 Å². The van der Waals surface area contributed by atoms with Crippen molar-refractivity contribution in [2.75, 3.05) is 5.73 Å². The van der Waals surface area contributed by atoms with Crippen molar-refractivity contribution in [3.63, 3.8) is 0 Å². The highest BCUT2D eigenvalue weighted by Gasteiger charge is 2.38. The minimum atomic E-state index is -0.0391. The fourth-order valence-corrected chi connectivity index (χ4v) is 3.08. The lowest BCUT2D eigenvalue weighted by Crippen LogP contribution is -2.07. The molecule has 0 aliphatic heterocycles. The van der Waals surface area contributed by atoms with Gasteiger partial charge < -0.3 is 5.73 Å². The highest BCUT2D eigenvalue weighted by molar-refractivity contribution is 6.11. The van der Waals surface area contributed by atoms with E-state index in [-0.39, 0.29) is 17.6 Å². The van der Waals surface area contributed by atoms with Crippen LogP contribution in [0.25, 0.3) is 11.0 Å². The quantitative estimate of drug-likeness (QED) is 0.876. The minimum Gasteiger partial charge on any atom is -0.397 e. The molecular formula is C16H22N4O. The molecule has 3 rings (SSSR count). The second kappa shape index (κ2) is 5.13. The molecule has 0 saturated heterocycles. The van der Waals surface area contributed by atoms with E-state index in [1.54, 1.807) is 6.20 Å². The number of nitrogens with zero attached hydrogens (tertiary/aromatic N) is 3. The molecule has 0 saturated carbocycles. The number of nitrogens with two attached hydrogens (primary N) is 1. The van der Waals surface area contributed by atoms with Gasteiger partial charge in [0, 0.05) is 18.4 Å². The van der Waals surface area contributed by atoms with Gasteiger partial charge in [0.2, 0.25) is 0 Å². The van der Waals surface area contributed by atoms with E-state index in [9.17, 15) is 4.79 Å². The largest absolute Gasteiger partial charge is 0.397 e. The fraction of sp³-hybridized carbons (Fsp3) is 0.562. The summed E-state index contributed by atoms with van der Waals surface area (Å²) in [5, 5.41) is 5.21. The Labute approximate surface area is 124 Å². The van der Waals surface area contributed by atoms with Crippen molar-refractivity contribution < 1.29 is 4.79 Å². The molecule has 2 atom stereocenters. The summed E-state index contributed by atoms with van der Waals surface area (Å²) < 4.78 is 1.92. The maximum Gasteiger partial charge on any atom is 0.170 e. The van der Waals surface area contributed by atoms with Crippen molar-refractivity contribution in [1.82, 2.24) is 14.8 Å². The summed E-state index contributed by atoms with van der Waals surface area (Å²) in [7, 11) is 0. The number of ketones is 1. The Kier molecular flexibility index (Phi) is 3.43. The first-order valence-corrected chi connectivity index (χ1v) is 7.75. The molecule has 1 aliphatic rings. The molecule has 0 radical (unpaired) electrons. The van der Waals surface area contributed by atoms with Gasteiger partial charge in [-0.2, -0.15) is 5.10 Å². The van der Waals surface area contributed by atoms with Gasteiger partial charge in [0.25, 0.3) is 0 Å². The van der Waals surface area contributed by atoms with Crippen LogP contribution in [0.15, 0.2) is 6.20 Å². The third-order valence-electron chi connectivity index (χ3n) is 4.67. The summed E-state index contributed by atoms with van der Waals surface area (Å²) in [6, 6.07) is 0. The number of unbranched alkanes of at least 4 members (excludes halogenated alkanes) is 2. The maximum atomic E-state index is 12.3. The molecule has 0 aromatic carbocycles. The van der Waals surface area contributed by atoms with E-state index >= 15 is 0 Å². The lowest BCUT2D eigenvalue weighted by atomic mass is 9.99. The molecular weight excluding hydrogens is 264 g/mol. The SMILES string of the molecule is CCCCCn1ncc2c(N)c3c(nc21)C(C)C(C)C3=O. The second-order valence-corrected chi connectivity index (χ2v) is 6.04. The molecule has 0 fully saturated rings. The summed E-state index contributed by atoms with van der Waals surface area (Å²) in [5.74, 6) is 0.198. The third-order valence-corrected chi connectivity index (χ3v) is 4.67. The number of carbonyl (C=O) groups is 1. The summed E-state index contributed by atoms with van der Waals surface area (Å²) in [5.41, 5.74) is 9.07. The van der Waals surface area contributed by atoms with Gasteiger partial charge in [-0.3, -0.25) is 4.79 Å². The summed E-state index contributed by atoms with van der Waals surface area (Å²) in [6.45, 7) is 7.02. The molecule has 1 aliphatic carbocycles. The predicted molar refractivity (Wildman–Crippen MR) is 83.4 cm³/mol. The zero-order valence-corrected chi connectivity index (χ0v) is 12.9. The number of nitrogen functional groups attached to an aromatic ring is 1. The average Bonchev–Trinajstić information content (AvgIpc) is 2.97. The number of carbonyl (C=O) groups excluding carboxylic acids is 1. The average molecular weight is 286 g/mol. The topological polar surface area (TPSA) is 73.8 Å². The van der Waals surface area contributed by atoms with Crippen molar-refractivity contribution in [2.24, 2.45) is 5.92 Å². The molecule has 112 valence electrons. The number of anilines is 1. The minimum absolute atomic E-state index is 0.0391. The second-order valence-electron chi connectivity index (χ2n) is 6.04. The van der Waals surface area contributed by atoms with Gasteiger partial charge in [-0.15, -0.1) is 0 Å². The Bertz CT molecular complexity index is 704. The van der Waals surface area contributed by atoms with E-state index in [2.05, 4.69) is 12.0 Å². The van der Waals surface area contributed by atoms with Crippen molar-refractivity contribution >= 4 is 22.5 Å². The molecule has 5 nitrogen and oxygen atoms in total. The van der Waals surface area contributed by atoms with Gasteiger partial charge in [-0.1, -0.05) is 33.6 Å². The Morgan fingerprint density at radius 2 is 2.05 bits per heavy atom. The lowest BCUT2D eigenvalue weighted by molar-refractivity contribution is 0.0937. The molecule has 2 unspecified atom stereocenters. The number of Topliss-reactive ketones (excluding diaryl/α,β-unsaturated/α-hetero) is 1. The number of aromatic nitrogens is 3. The number of rotatable bonds is 4. The Hall–Kier alpha value is -1.91. The van der Waals surface area contributed by atoms with Crippen LogP contribution in [-0.4, -0.2) is 20.5 Å². The zero-order chi connectivity index (χ0) is 15.1. The molecule has 0 amide bonds. The van der Waals surface area contributed by atoms with Crippen LogP contribution in [0, 0.1) is 5.92 Å². The van der Waals surface area contributed by atoms with Gasteiger partial charge in [0.1, 0.15) is 0 Å². The monoisotopic (exact) mass is 286 g/mol. The van der Waals surface area contributed by atoms with E-state index in [4.69, 9.17) is 10.7 Å². The Morgan fingerprint density at radius 3 is 2.76 bits per heavy atom. The predicted octanol–water partition coefficient (Wildman–Crippen LogP) is 3.14. The smallest absolute Gasteiger partial charge is 0.170 e. The van der Waals surface area contributed by atoms with Gasteiger partial charge in [0.05, 0.1) is 28.5 Å². The van der Waals surface area contributed by atoms with Crippen molar-refractivity contribution in [2.45, 2.75) is 52.5 Å². The summed E-state index contributed by atoms with van der Waals surface area (Å²) in [4.78, 5) is 17.1. The van der Waals surface area contributed by atoms with E-state index in [1.165, 1.54) is 12.8 Å². The Morgan fingerprint density at radius 1 is 1.29 bits per heavy atom. The lowest BCUT2D eigenvalue weighted by Gasteiger charge is -2.09. The molecule has 2 aromatic heterocycles. The third kappa shape index (κ3) is 2.03. The highest BCUT2D eigenvalue weighted by Crippen LogP contribution is 2.41. The first-order valence-electron chi connectivity index (χ1n) is 7.75. The maximum absolute atomic E-state index is 12.3. The van der Waals surface area contributed by atoms with Crippen LogP contribution < -0.4 is 5.73 Å². The van der Waals surface area contributed by atoms with Crippen molar-refractivity contribution in [3.8, 4) is 0 Å². The van der Waals surface area contributed by atoms with E-state index in [0.29, 0.717) is 11.3 Å². The van der Waals surface area contributed by atoms with Crippen LogP contribution in [0.1, 0.15) is 62.0 Å². The van der Waals surface area contributed by atoms with Crippen LogP contribution in [0.5, 0.6) is 0 Å². The van der Waals surface area contributed by atoms with Crippen LogP contribution in [-0.2, 0) is 6.54 Å². The van der Waals surface area contributed by atoms with E-state index in [1.807, 2.05) is 18.5 Å². The van der Waals surface area contributed by atoms with E-state index in [0.717, 1.165) is 29.7 Å². The number of fused-ring (bicyclic) bond motifs is 2. The van der Waals surface area contributed by atoms with Gasteiger partial charge in [-0.05, 0) is 6.42 Å². The number of hydrogen-bond acceptors (Lipinski definition) is 4.